The van der Waals surface area contributed by atoms with Gasteiger partial charge in [-0.05, 0) is 30.8 Å². The Balaban J connectivity index is 1.98. The first-order chi connectivity index (χ1) is 10.2. The van der Waals surface area contributed by atoms with Gasteiger partial charge in [0.15, 0.2) is 0 Å². The van der Waals surface area contributed by atoms with Gasteiger partial charge in [-0.3, -0.25) is 0 Å². The van der Waals surface area contributed by atoms with E-state index in [4.69, 9.17) is 4.74 Å². The van der Waals surface area contributed by atoms with Crippen LogP contribution in [0.1, 0.15) is 36.6 Å². The first-order valence-electron chi connectivity index (χ1n) is 7.13. The van der Waals surface area contributed by atoms with Crippen LogP contribution in [0, 0.1) is 11.6 Å². The van der Waals surface area contributed by atoms with Gasteiger partial charge >= 0.3 is 0 Å². The summed E-state index contributed by atoms with van der Waals surface area (Å²) in [7, 11) is 0. The highest BCUT2D eigenvalue weighted by molar-refractivity contribution is 5.40. The molecule has 1 heterocycles. The lowest BCUT2D eigenvalue weighted by atomic mass is 9.92. The first-order valence-corrected chi connectivity index (χ1v) is 7.13. The van der Waals surface area contributed by atoms with Gasteiger partial charge in [0.25, 0.3) is 0 Å². The molecule has 0 spiro atoms. The minimum atomic E-state index is -0.367. The average Bonchev–Trinajstić information content (AvgIpc) is 2.48. The van der Waals surface area contributed by atoms with E-state index >= 15 is 0 Å². The van der Waals surface area contributed by atoms with E-state index in [9.17, 15) is 8.78 Å². The molecule has 1 aliphatic heterocycles. The fraction of sp³-hybridized carbons (Fsp3) is 0.294. The molecule has 1 N–H and O–H groups in total. The van der Waals surface area contributed by atoms with Crippen molar-refractivity contribution in [3.63, 3.8) is 0 Å². The molecule has 2 nitrogen and oxygen atoms in total. The second-order valence-electron chi connectivity index (χ2n) is 5.16. The lowest BCUT2D eigenvalue weighted by Gasteiger charge is -2.33. The van der Waals surface area contributed by atoms with Gasteiger partial charge in [0, 0.05) is 23.6 Å². The standard InChI is InChI=1S/C17H17F2NO/c1-2-20-15-10-17(12-5-3-4-6-14(12)19)21-16-8-7-11(18)9-13(15)16/h3-9,15,17,20H,2,10H2,1H3. The topological polar surface area (TPSA) is 21.3 Å². The lowest BCUT2D eigenvalue weighted by Crippen LogP contribution is -2.29. The number of hydrogen-bond donors (Lipinski definition) is 1. The maximum absolute atomic E-state index is 14.0. The maximum atomic E-state index is 14.0. The van der Waals surface area contributed by atoms with Gasteiger partial charge in [-0.2, -0.15) is 0 Å². The van der Waals surface area contributed by atoms with Crippen molar-refractivity contribution < 1.29 is 13.5 Å². The van der Waals surface area contributed by atoms with Crippen molar-refractivity contribution in [2.45, 2.75) is 25.5 Å². The molecule has 21 heavy (non-hydrogen) atoms. The molecule has 0 aliphatic carbocycles. The van der Waals surface area contributed by atoms with Gasteiger partial charge < -0.3 is 10.1 Å². The Bertz CT molecular complexity index is 644. The summed E-state index contributed by atoms with van der Waals surface area (Å²) in [6.45, 7) is 2.75. The molecule has 0 bridgehead atoms. The highest BCUT2D eigenvalue weighted by Gasteiger charge is 2.30. The summed E-state index contributed by atoms with van der Waals surface area (Å²) in [5, 5.41) is 3.32. The van der Waals surface area contributed by atoms with Crippen LogP contribution in [0.3, 0.4) is 0 Å². The Morgan fingerprint density at radius 2 is 1.95 bits per heavy atom. The van der Waals surface area contributed by atoms with Crippen LogP contribution in [0.4, 0.5) is 8.78 Å². The molecule has 0 radical (unpaired) electrons. The van der Waals surface area contributed by atoms with Crippen LogP contribution in [0.25, 0.3) is 0 Å². The van der Waals surface area contributed by atoms with Gasteiger partial charge in [-0.1, -0.05) is 25.1 Å². The van der Waals surface area contributed by atoms with Crippen molar-refractivity contribution in [1.82, 2.24) is 5.32 Å². The Morgan fingerprint density at radius 1 is 1.14 bits per heavy atom. The molecule has 0 amide bonds. The van der Waals surface area contributed by atoms with E-state index in [0.717, 1.165) is 12.1 Å². The number of rotatable bonds is 3. The zero-order valence-corrected chi connectivity index (χ0v) is 11.8. The van der Waals surface area contributed by atoms with Crippen LogP contribution in [0.15, 0.2) is 42.5 Å². The van der Waals surface area contributed by atoms with E-state index in [1.165, 1.54) is 18.2 Å². The third kappa shape index (κ3) is 2.76. The van der Waals surface area contributed by atoms with Crippen molar-refractivity contribution in [3.05, 3.63) is 65.2 Å². The molecule has 2 aromatic carbocycles. The van der Waals surface area contributed by atoms with Crippen molar-refractivity contribution in [2.24, 2.45) is 0 Å². The number of nitrogens with one attached hydrogen (secondary N) is 1. The van der Waals surface area contributed by atoms with E-state index < -0.39 is 0 Å². The normalized spacial score (nSPS) is 20.7. The number of hydrogen-bond acceptors (Lipinski definition) is 2. The van der Waals surface area contributed by atoms with E-state index in [1.54, 1.807) is 24.3 Å². The van der Waals surface area contributed by atoms with Gasteiger partial charge in [0.1, 0.15) is 23.5 Å². The van der Waals surface area contributed by atoms with Crippen LogP contribution in [0.2, 0.25) is 0 Å². The third-order valence-electron chi connectivity index (χ3n) is 3.77. The highest BCUT2D eigenvalue weighted by Crippen LogP contribution is 2.41. The van der Waals surface area contributed by atoms with Gasteiger partial charge in [-0.25, -0.2) is 8.78 Å². The molecule has 4 heteroatoms. The molecule has 0 saturated carbocycles. The summed E-state index contributed by atoms with van der Waals surface area (Å²) in [6, 6.07) is 11.0. The summed E-state index contributed by atoms with van der Waals surface area (Å²) in [6.07, 6.45) is 0.207. The summed E-state index contributed by atoms with van der Waals surface area (Å²) in [5.74, 6) is 0.0507. The van der Waals surface area contributed by atoms with Gasteiger partial charge in [-0.15, -0.1) is 0 Å². The molecule has 0 fully saturated rings. The minimum Gasteiger partial charge on any atom is -0.485 e. The van der Waals surface area contributed by atoms with Gasteiger partial charge in [0.05, 0.1) is 0 Å². The van der Waals surface area contributed by atoms with Crippen LogP contribution >= 0.6 is 0 Å². The summed E-state index contributed by atoms with van der Waals surface area (Å²) in [4.78, 5) is 0. The maximum Gasteiger partial charge on any atom is 0.130 e. The van der Waals surface area contributed by atoms with E-state index in [1.807, 2.05) is 6.92 Å². The molecule has 2 atom stereocenters. The molecule has 2 aromatic rings. The smallest absolute Gasteiger partial charge is 0.130 e. The third-order valence-corrected chi connectivity index (χ3v) is 3.77. The fourth-order valence-electron chi connectivity index (χ4n) is 2.81. The van der Waals surface area contributed by atoms with E-state index in [2.05, 4.69) is 5.32 Å². The van der Waals surface area contributed by atoms with Crippen LogP contribution in [0.5, 0.6) is 5.75 Å². The van der Waals surface area contributed by atoms with Crippen LogP contribution in [-0.4, -0.2) is 6.54 Å². The first kappa shape index (κ1) is 14.0. The Hall–Kier alpha value is -1.94. The monoisotopic (exact) mass is 289 g/mol. The predicted octanol–water partition coefficient (Wildman–Crippen LogP) is 4.14. The number of ether oxygens (including phenoxy) is 1. The lowest BCUT2D eigenvalue weighted by molar-refractivity contribution is 0.148. The second kappa shape index (κ2) is 5.82. The second-order valence-corrected chi connectivity index (χ2v) is 5.16. The Labute approximate surface area is 122 Å². The number of fused-ring (bicyclic) bond motifs is 1. The van der Waals surface area contributed by atoms with Gasteiger partial charge in [0.2, 0.25) is 0 Å². The highest BCUT2D eigenvalue weighted by atomic mass is 19.1. The van der Waals surface area contributed by atoms with E-state index in [0.29, 0.717) is 17.7 Å². The summed E-state index contributed by atoms with van der Waals surface area (Å²) < 4.78 is 33.3. The molecule has 3 rings (SSSR count). The molecule has 2 unspecified atom stereocenters. The molecule has 110 valence electrons. The largest absolute Gasteiger partial charge is 0.485 e. The SMILES string of the molecule is CCNC1CC(c2ccccc2F)Oc2ccc(F)cc21. The molecule has 0 saturated heterocycles. The molecule has 0 aromatic heterocycles. The van der Waals surface area contributed by atoms with Crippen molar-refractivity contribution in [2.75, 3.05) is 6.54 Å². The Kier molecular flexibility index (Phi) is 3.88. The zero-order valence-electron chi connectivity index (χ0n) is 11.8. The average molecular weight is 289 g/mol. The zero-order chi connectivity index (χ0) is 14.8. The molecular formula is C17H17F2NO. The molecule has 1 aliphatic rings. The number of halogens is 2. The molecular weight excluding hydrogens is 272 g/mol. The van der Waals surface area contributed by atoms with Crippen molar-refractivity contribution >= 4 is 0 Å². The van der Waals surface area contributed by atoms with Crippen molar-refractivity contribution in [1.29, 1.82) is 0 Å². The summed E-state index contributed by atoms with van der Waals surface area (Å²) >= 11 is 0. The quantitative estimate of drug-likeness (QED) is 0.917. The summed E-state index contributed by atoms with van der Waals surface area (Å²) in [5.41, 5.74) is 1.33. The van der Waals surface area contributed by atoms with E-state index in [-0.39, 0.29) is 23.8 Å². The fourth-order valence-corrected chi connectivity index (χ4v) is 2.81. The van der Waals surface area contributed by atoms with Crippen molar-refractivity contribution in [3.8, 4) is 5.75 Å². The predicted molar refractivity (Wildman–Crippen MR) is 77.2 cm³/mol. The Morgan fingerprint density at radius 3 is 2.71 bits per heavy atom. The minimum absolute atomic E-state index is 0.0425. The number of benzene rings is 2. The van der Waals surface area contributed by atoms with Crippen LogP contribution < -0.4 is 10.1 Å². The van der Waals surface area contributed by atoms with Crippen LogP contribution in [-0.2, 0) is 0 Å².